The highest BCUT2D eigenvalue weighted by atomic mass is 16.3. The minimum absolute atomic E-state index is 0. The first-order valence-electron chi connectivity index (χ1n) is 10.9. The number of anilines is 1. The van der Waals surface area contributed by atoms with Crippen LogP contribution in [0, 0.1) is 5.92 Å². The van der Waals surface area contributed by atoms with Crippen molar-refractivity contribution < 1.29 is 14.7 Å². The van der Waals surface area contributed by atoms with Gasteiger partial charge < -0.3 is 15.3 Å². The Morgan fingerprint density at radius 2 is 2.10 bits per heavy atom. The molecule has 158 valence electrons. The number of piperidine rings is 1. The van der Waals surface area contributed by atoms with Gasteiger partial charge in [-0.25, -0.2) is 0 Å². The molecule has 2 aliphatic carbocycles. The van der Waals surface area contributed by atoms with Gasteiger partial charge in [0, 0.05) is 24.7 Å². The number of amides is 2. The molecule has 1 aromatic carbocycles. The fraction of sp³-hybridized carbons (Fsp3) is 0.667. The molecule has 0 aromatic heterocycles. The SMILES string of the molecule is C.CC(CC(=O)N1CCC2(O)CCCC1C2)C1C(=O)Nc2cccc(C3CC3)c21. The third kappa shape index (κ3) is 3.58. The number of hydrogen-bond donors (Lipinski definition) is 2. The highest BCUT2D eigenvalue weighted by Crippen LogP contribution is 2.49. The van der Waals surface area contributed by atoms with Crippen LogP contribution in [0.3, 0.4) is 0 Å². The van der Waals surface area contributed by atoms with E-state index in [2.05, 4.69) is 11.4 Å². The molecule has 0 radical (unpaired) electrons. The van der Waals surface area contributed by atoms with Crippen molar-refractivity contribution in [2.45, 2.75) is 89.2 Å². The van der Waals surface area contributed by atoms with E-state index in [1.807, 2.05) is 24.0 Å². The van der Waals surface area contributed by atoms with Gasteiger partial charge >= 0.3 is 0 Å². The van der Waals surface area contributed by atoms with E-state index >= 15 is 0 Å². The molecule has 29 heavy (non-hydrogen) atoms. The Morgan fingerprint density at radius 1 is 1.31 bits per heavy atom. The van der Waals surface area contributed by atoms with Crippen molar-refractivity contribution in [3.63, 3.8) is 0 Å². The van der Waals surface area contributed by atoms with Crippen LogP contribution in [0.25, 0.3) is 0 Å². The number of nitrogens with zero attached hydrogens (tertiary/aromatic N) is 1. The maximum absolute atomic E-state index is 13.1. The van der Waals surface area contributed by atoms with E-state index in [1.54, 1.807) is 0 Å². The van der Waals surface area contributed by atoms with Crippen LogP contribution in [0.4, 0.5) is 5.69 Å². The lowest BCUT2D eigenvalue weighted by atomic mass is 9.75. The van der Waals surface area contributed by atoms with Crippen LogP contribution in [0.1, 0.15) is 88.7 Å². The highest BCUT2D eigenvalue weighted by Gasteiger charge is 2.44. The number of rotatable bonds is 4. The Hall–Kier alpha value is -1.88. The normalized spacial score (nSPS) is 31.5. The lowest BCUT2D eigenvalue weighted by Gasteiger charge is -2.48. The zero-order valence-corrected chi connectivity index (χ0v) is 16.6. The van der Waals surface area contributed by atoms with Crippen LogP contribution in [0.15, 0.2) is 18.2 Å². The van der Waals surface area contributed by atoms with E-state index in [4.69, 9.17) is 0 Å². The number of carbonyl (C=O) groups excluding carboxylic acids is 2. The Balaban J connectivity index is 0.00000205. The minimum Gasteiger partial charge on any atom is -0.390 e. The van der Waals surface area contributed by atoms with Crippen molar-refractivity contribution in [3.8, 4) is 0 Å². The molecule has 4 unspecified atom stereocenters. The molecule has 2 aliphatic heterocycles. The summed E-state index contributed by atoms with van der Waals surface area (Å²) in [6, 6.07) is 6.34. The van der Waals surface area contributed by atoms with Crippen LogP contribution in [0.5, 0.6) is 0 Å². The largest absolute Gasteiger partial charge is 0.390 e. The number of aliphatic hydroxyl groups is 1. The molecule has 5 heteroatoms. The summed E-state index contributed by atoms with van der Waals surface area (Å²) in [6.07, 6.45) is 7.03. The molecule has 3 fully saturated rings. The molecule has 2 bridgehead atoms. The Bertz CT molecular complexity index is 818. The Morgan fingerprint density at radius 3 is 2.86 bits per heavy atom. The third-order valence-electron chi connectivity index (χ3n) is 7.45. The van der Waals surface area contributed by atoms with E-state index in [9.17, 15) is 14.7 Å². The van der Waals surface area contributed by atoms with Crippen molar-refractivity contribution in [3.05, 3.63) is 29.3 Å². The zero-order valence-electron chi connectivity index (χ0n) is 16.6. The van der Waals surface area contributed by atoms with Crippen LogP contribution in [-0.2, 0) is 9.59 Å². The molecule has 1 saturated heterocycles. The van der Waals surface area contributed by atoms with Crippen LogP contribution < -0.4 is 5.32 Å². The summed E-state index contributed by atoms with van der Waals surface area (Å²) in [5, 5.41) is 13.6. The van der Waals surface area contributed by atoms with Gasteiger partial charge in [-0.3, -0.25) is 9.59 Å². The predicted octanol–water partition coefficient (Wildman–Crippen LogP) is 4.17. The van der Waals surface area contributed by atoms with Crippen LogP contribution in [0.2, 0.25) is 0 Å². The first kappa shape index (κ1) is 20.4. The Kier molecular flexibility index (Phi) is 5.22. The summed E-state index contributed by atoms with van der Waals surface area (Å²) >= 11 is 0. The fourth-order valence-electron chi connectivity index (χ4n) is 5.83. The van der Waals surface area contributed by atoms with Crippen molar-refractivity contribution >= 4 is 17.5 Å². The molecule has 2 N–H and O–H groups in total. The summed E-state index contributed by atoms with van der Waals surface area (Å²) in [7, 11) is 0. The summed E-state index contributed by atoms with van der Waals surface area (Å²) in [6.45, 7) is 2.69. The summed E-state index contributed by atoms with van der Waals surface area (Å²) in [4.78, 5) is 27.9. The number of likely N-dealkylation sites (tertiary alicyclic amines) is 1. The second kappa shape index (κ2) is 7.42. The average Bonchev–Trinajstić information content (AvgIpc) is 3.42. The topological polar surface area (TPSA) is 69.6 Å². The van der Waals surface area contributed by atoms with Crippen LogP contribution >= 0.6 is 0 Å². The van der Waals surface area contributed by atoms with Gasteiger partial charge in [0.25, 0.3) is 0 Å². The quantitative estimate of drug-likeness (QED) is 0.800. The smallest absolute Gasteiger partial charge is 0.232 e. The van der Waals surface area contributed by atoms with Gasteiger partial charge in [-0.2, -0.15) is 0 Å². The van der Waals surface area contributed by atoms with Gasteiger partial charge in [-0.15, -0.1) is 0 Å². The molecule has 5 rings (SSSR count). The third-order valence-corrected chi connectivity index (χ3v) is 7.45. The second-order valence-electron chi connectivity index (χ2n) is 9.54. The highest BCUT2D eigenvalue weighted by molar-refractivity contribution is 6.04. The maximum atomic E-state index is 13.1. The predicted molar refractivity (Wildman–Crippen MR) is 114 cm³/mol. The summed E-state index contributed by atoms with van der Waals surface area (Å²) < 4.78 is 0. The molecule has 4 atom stereocenters. The zero-order chi connectivity index (χ0) is 19.5. The van der Waals surface area contributed by atoms with Crippen LogP contribution in [-0.4, -0.2) is 40.0 Å². The first-order chi connectivity index (χ1) is 13.5. The summed E-state index contributed by atoms with van der Waals surface area (Å²) in [5.74, 6) is 0.498. The molecular formula is C24H34N2O3. The van der Waals surface area contributed by atoms with Gasteiger partial charge in [-0.05, 0) is 74.0 Å². The van der Waals surface area contributed by atoms with Gasteiger partial charge in [0.15, 0.2) is 0 Å². The van der Waals surface area contributed by atoms with E-state index in [0.717, 1.165) is 30.5 Å². The van der Waals surface area contributed by atoms with Gasteiger partial charge in [0.2, 0.25) is 11.8 Å². The Labute approximate surface area is 173 Å². The van der Waals surface area contributed by atoms with Crippen molar-refractivity contribution in [1.29, 1.82) is 0 Å². The molecule has 5 nitrogen and oxygen atoms in total. The molecular weight excluding hydrogens is 364 g/mol. The molecule has 0 spiro atoms. The van der Waals surface area contributed by atoms with E-state index < -0.39 is 5.60 Å². The number of fused-ring (bicyclic) bond motifs is 3. The summed E-state index contributed by atoms with van der Waals surface area (Å²) in [5.41, 5.74) is 2.82. The fourth-order valence-corrected chi connectivity index (χ4v) is 5.83. The first-order valence-corrected chi connectivity index (χ1v) is 10.9. The standard InChI is InChI=1S/C23H30N2O3.CH4/c1-14(12-19(26)25-11-10-23(28)9-3-4-16(25)13-23)20-21-17(15-7-8-15)5-2-6-18(21)24-22(20)27;/h2,5-6,14-16,20,28H,3-4,7-13H2,1H3,(H,24,27);1H4. The maximum Gasteiger partial charge on any atom is 0.232 e. The van der Waals surface area contributed by atoms with Crippen molar-refractivity contribution in [2.75, 3.05) is 11.9 Å². The number of nitrogens with one attached hydrogen (secondary N) is 1. The van der Waals surface area contributed by atoms with Crippen molar-refractivity contribution in [2.24, 2.45) is 5.92 Å². The molecule has 4 aliphatic rings. The number of carbonyl (C=O) groups is 2. The van der Waals surface area contributed by atoms with Gasteiger partial charge in [0.05, 0.1) is 11.5 Å². The van der Waals surface area contributed by atoms with E-state index in [-0.39, 0.29) is 37.1 Å². The molecule has 2 saturated carbocycles. The second-order valence-corrected chi connectivity index (χ2v) is 9.54. The van der Waals surface area contributed by atoms with Gasteiger partial charge in [0.1, 0.15) is 0 Å². The van der Waals surface area contributed by atoms with E-state index in [1.165, 1.54) is 18.4 Å². The van der Waals surface area contributed by atoms with Gasteiger partial charge in [-0.1, -0.05) is 26.5 Å². The minimum atomic E-state index is -0.561. The molecule has 2 heterocycles. The lowest BCUT2D eigenvalue weighted by Crippen LogP contribution is -2.55. The lowest BCUT2D eigenvalue weighted by molar-refractivity contribution is -0.145. The molecule has 1 aromatic rings. The monoisotopic (exact) mass is 398 g/mol. The van der Waals surface area contributed by atoms with E-state index in [0.29, 0.717) is 31.7 Å². The molecule has 2 amide bonds. The number of hydrogen-bond acceptors (Lipinski definition) is 3. The number of benzene rings is 1. The van der Waals surface area contributed by atoms with Crippen molar-refractivity contribution in [1.82, 2.24) is 4.90 Å². The average molecular weight is 399 g/mol.